The predicted molar refractivity (Wildman–Crippen MR) is 167 cm³/mol. The van der Waals surface area contributed by atoms with Crippen LogP contribution < -0.4 is 10.6 Å². The highest BCUT2D eigenvalue weighted by Crippen LogP contribution is 2.45. The number of hydrogen-bond acceptors (Lipinski definition) is 7. The van der Waals surface area contributed by atoms with Crippen molar-refractivity contribution in [2.75, 3.05) is 6.54 Å². The average molecular weight is 684 g/mol. The molecule has 6 rings (SSSR count). The fraction of sp³-hybridized carbons (Fsp3) is 0.562. The van der Waals surface area contributed by atoms with E-state index in [4.69, 9.17) is 9.84 Å². The maximum atomic E-state index is 14.2. The van der Waals surface area contributed by atoms with Crippen LogP contribution in [0.15, 0.2) is 47.1 Å². The van der Waals surface area contributed by atoms with Crippen molar-refractivity contribution >= 4 is 39.8 Å². The van der Waals surface area contributed by atoms with Crippen LogP contribution in [0.4, 0.5) is 4.79 Å². The lowest BCUT2D eigenvalue weighted by Gasteiger charge is -2.29. The Morgan fingerprint density at radius 1 is 1.04 bits per heavy atom. The quantitative estimate of drug-likeness (QED) is 0.393. The molecule has 3 heterocycles. The van der Waals surface area contributed by atoms with Crippen LogP contribution in [-0.2, 0) is 19.1 Å². The molecule has 3 amide bonds. The van der Waals surface area contributed by atoms with Crippen LogP contribution in [0.3, 0.4) is 0 Å². The molecule has 0 radical (unpaired) electrons. The number of hydrogen-bond donors (Lipinski definition) is 3. The zero-order valence-electron chi connectivity index (χ0n) is 25.1. The highest BCUT2D eigenvalue weighted by molar-refractivity contribution is 9.10. The topological polar surface area (TPSA) is 156 Å². The maximum Gasteiger partial charge on any atom is 0.408 e. The number of benzene rings is 1. The van der Waals surface area contributed by atoms with Crippen molar-refractivity contribution < 1.29 is 29.0 Å². The van der Waals surface area contributed by atoms with Gasteiger partial charge in [0.2, 0.25) is 11.8 Å². The number of rotatable bonds is 5. The van der Waals surface area contributed by atoms with Crippen molar-refractivity contribution in [3.63, 3.8) is 0 Å². The minimum atomic E-state index is -1.41. The number of aliphatic carboxylic acids is 1. The number of ether oxygens (including phenoxy) is 1. The van der Waals surface area contributed by atoms with Crippen molar-refractivity contribution in [3.05, 3.63) is 47.1 Å². The Balaban J connectivity index is 1.28. The zero-order valence-corrected chi connectivity index (χ0v) is 26.7. The summed E-state index contributed by atoms with van der Waals surface area (Å²) in [5.41, 5.74) is 0.0811. The lowest BCUT2D eigenvalue weighted by Crippen LogP contribution is -2.56. The molecule has 1 aromatic carbocycles. The molecule has 0 spiro atoms. The molecular weight excluding hydrogens is 644 g/mol. The molecule has 3 N–H and O–H groups in total. The summed E-state index contributed by atoms with van der Waals surface area (Å²) in [6.45, 7) is 0.117. The first-order chi connectivity index (χ1) is 21.7. The molecule has 2 aromatic rings. The van der Waals surface area contributed by atoms with Gasteiger partial charge < -0.3 is 25.4 Å². The van der Waals surface area contributed by atoms with Crippen LogP contribution in [-0.4, -0.2) is 79.1 Å². The molecule has 1 saturated heterocycles. The van der Waals surface area contributed by atoms with Gasteiger partial charge in [-0.25, -0.2) is 9.59 Å². The standard InChI is InChI=1S/C32H39BrN6O6/c33-27-26(20-11-5-4-6-12-20)36-39(37-27)22-17-25-28(40)35-32(30(42)43)18-21(32)13-7-2-1-3-8-16-24(29(41)38(25)19-22)34-31(44)45-23-14-9-10-15-23/h4-7,11-13,21-25H,1-3,8-10,14-19H2,(H,34,44)(H,35,40)(H,42,43)/t21-,22-,24+,25+,32-/m1/s1. The van der Waals surface area contributed by atoms with E-state index in [2.05, 4.69) is 31.7 Å². The molecular formula is C32H39BrN6O6. The number of halogens is 1. The van der Waals surface area contributed by atoms with E-state index in [1.807, 2.05) is 42.5 Å². The second-order valence-electron chi connectivity index (χ2n) is 12.6. The summed E-state index contributed by atoms with van der Waals surface area (Å²) in [6.07, 6.45) is 10.7. The summed E-state index contributed by atoms with van der Waals surface area (Å²) in [5, 5.41) is 25.0. The first-order valence-corrected chi connectivity index (χ1v) is 16.7. The van der Waals surface area contributed by atoms with E-state index in [1.54, 1.807) is 0 Å². The molecule has 2 aliphatic heterocycles. The molecule has 240 valence electrons. The molecule has 12 nitrogen and oxygen atoms in total. The number of carbonyl (C=O) groups excluding carboxylic acids is 3. The number of alkyl carbamates (subject to hydrolysis) is 1. The molecule has 0 unspecified atom stereocenters. The van der Waals surface area contributed by atoms with Gasteiger partial charge in [-0.15, -0.1) is 5.10 Å². The Morgan fingerprint density at radius 2 is 1.80 bits per heavy atom. The summed E-state index contributed by atoms with van der Waals surface area (Å²) in [4.78, 5) is 56.4. The Morgan fingerprint density at radius 3 is 2.56 bits per heavy atom. The number of carbonyl (C=O) groups is 4. The van der Waals surface area contributed by atoms with Gasteiger partial charge in [0.1, 0.15) is 29.4 Å². The van der Waals surface area contributed by atoms with Crippen LogP contribution in [0, 0.1) is 5.92 Å². The van der Waals surface area contributed by atoms with Gasteiger partial charge in [0.25, 0.3) is 0 Å². The number of amides is 3. The largest absolute Gasteiger partial charge is 0.479 e. The Hall–Kier alpha value is -3.74. The summed E-state index contributed by atoms with van der Waals surface area (Å²) >= 11 is 3.51. The minimum Gasteiger partial charge on any atom is -0.479 e. The number of aromatic nitrogens is 3. The van der Waals surface area contributed by atoms with E-state index in [0.29, 0.717) is 29.6 Å². The third kappa shape index (κ3) is 6.78. The Labute approximate surface area is 270 Å². The van der Waals surface area contributed by atoms with E-state index >= 15 is 0 Å². The Kier molecular flexibility index (Phi) is 9.25. The summed E-state index contributed by atoms with van der Waals surface area (Å²) in [6, 6.07) is 7.22. The number of carboxylic acids is 1. The average Bonchev–Trinajstić information content (AvgIpc) is 3.43. The molecule has 2 saturated carbocycles. The summed E-state index contributed by atoms with van der Waals surface area (Å²) < 4.78 is 6.15. The van der Waals surface area contributed by atoms with Gasteiger partial charge in [0.05, 0.1) is 6.04 Å². The molecule has 2 aliphatic carbocycles. The van der Waals surface area contributed by atoms with Gasteiger partial charge in [-0.05, 0) is 67.3 Å². The van der Waals surface area contributed by atoms with Crippen LogP contribution in [0.25, 0.3) is 11.3 Å². The number of fused-ring (bicyclic) bond motifs is 2. The van der Waals surface area contributed by atoms with Crippen LogP contribution in [0.2, 0.25) is 0 Å². The fourth-order valence-corrected chi connectivity index (χ4v) is 7.29. The van der Waals surface area contributed by atoms with Crippen molar-refractivity contribution in [2.45, 2.75) is 100 Å². The molecule has 0 bridgehead atoms. The highest BCUT2D eigenvalue weighted by atomic mass is 79.9. The predicted octanol–water partition coefficient (Wildman–Crippen LogP) is 4.37. The third-order valence-electron chi connectivity index (χ3n) is 9.47. The second kappa shape index (κ2) is 13.3. The summed E-state index contributed by atoms with van der Waals surface area (Å²) in [5.74, 6) is -2.36. The van der Waals surface area contributed by atoms with Crippen LogP contribution >= 0.6 is 15.9 Å². The van der Waals surface area contributed by atoms with Crippen molar-refractivity contribution in [2.24, 2.45) is 5.92 Å². The van der Waals surface area contributed by atoms with Gasteiger partial charge in [-0.2, -0.15) is 9.90 Å². The highest BCUT2D eigenvalue weighted by Gasteiger charge is 2.61. The van der Waals surface area contributed by atoms with Crippen molar-refractivity contribution in [1.29, 1.82) is 0 Å². The molecule has 5 atom stereocenters. The van der Waals surface area contributed by atoms with E-state index in [0.717, 1.165) is 50.5 Å². The number of allylic oxidation sites excluding steroid dienone is 1. The molecule has 1 aromatic heterocycles. The normalized spacial score (nSPS) is 29.2. The minimum absolute atomic E-state index is 0.117. The van der Waals surface area contributed by atoms with Crippen molar-refractivity contribution in [3.8, 4) is 11.3 Å². The first kappa shape index (κ1) is 31.3. The fourth-order valence-electron chi connectivity index (χ4n) is 6.82. The SMILES string of the molecule is O=C(N[C@H]1CCCCCC=C[C@@H]2C[C@@]2(C(=O)O)NC(=O)[C@@H]2C[C@@H](n3nc(Br)c(-c4ccccc4)n3)CN2C1=O)OC1CCCC1. The van der Waals surface area contributed by atoms with E-state index < -0.39 is 47.5 Å². The van der Waals surface area contributed by atoms with Gasteiger partial charge in [0, 0.05) is 24.4 Å². The van der Waals surface area contributed by atoms with Crippen LogP contribution in [0.5, 0.6) is 0 Å². The van der Waals surface area contributed by atoms with E-state index in [1.165, 1.54) is 9.70 Å². The third-order valence-corrected chi connectivity index (χ3v) is 10.0. The van der Waals surface area contributed by atoms with Gasteiger partial charge in [0.15, 0.2) is 4.60 Å². The molecule has 4 aliphatic rings. The van der Waals surface area contributed by atoms with E-state index in [-0.39, 0.29) is 25.0 Å². The monoisotopic (exact) mass is 682 g/mol. The lowest BCUT2D eigenvalue weighted by molar-refractivity contribution is -0.145. The smallest absolute Gasteiger partial charge is 0.408 e. The van der Waals surface area contributed by atoms with Crippen molar-refractivity contribution in [1.82, 2.24) is 30.5 Å². The molecule has 3 fully saturated rings. The maximum absolute atomic E-state index is 14.2. The lowest BCUT2D eigenvalue weighted by atomic mass is 10.0. The number of carboxylic acid groups (broad SMARTS) is 1. The summed E-state index contributed by atoms with van der Waals surface area (Å²) in [7, 11) is 0. The molecule has 45 heavy (non-hydrogen) atoms. The Bertz CT molecular complexity index is 1460. The molecule has 13 heteroatoms. The van der Waals surface area contributed by atoms with Gasteiger partial charge >= 0.3 is 12.1 Å². The number of nitrogens with one attached hydrogen (secondary N) is 2. The van der Waals surface area contributed by atoms with Gasteiger partial charge in [-0.3, -0.25) is 9.59 Å². The van der Waals surface area contributed by atoms with Crippen LogP contribution in [0.1, 0.15) is 76.7 Å². The number of nitrogens with zero attached hydrogens (tertiary/aromatic N) is 4. The second-order valence-corrected chi connectivity index (χ2v) is 13.3. The zero-order chi connectivity index (χ0) is 31.6. The first-order valence-electron chi connectivity index (χ1n) is 15.9. The van der Waals surface area contributed by atoms with E-state index in [9.17, 15) is 24.3 Å². The van der Waals surface area contributed by atoms with Gasteiger partial charge in [-0.1, -0.05) is 55.3 Å².